The number of allylic oxidation sites excluding steroid dienone is 5. The lowest BCUT2D eigenvalue weighted by atomic mass is 10.0. The van der Waals surface area contributed by atoms with E-state index in [0.717, 1.165) is 77.0 Å². The van der Waals surface area contributed by atoms with Crippen molar-refractivity contribution in [3.8, 4) is 0 Å². The highest BCUT2D eigenvalue weighted by Gasteiger charge is 2.18. The van der Waals surface area contributed by atoms with E-state index in [1.165, 1.54) is 263 Å². The first-order valence-electron chi connectivity index (χ1n) is 33.8. The van der Waals surface area contributed by atoms with E-state index in [-0.39, 0.29) is 18.5 Å². The van der Waals surface area contributed by atoms with Crippen molar-refractivity contribution >= 4 is 11.9 Å². The minimum Gasteiger partial charge on any atom is -0.466 e. The topological polar surface area (TPSA) is 95.9 Å². The molecule has 0 rings (SSSR count). The molecule has 0 radical (unpaired) electrons. The van der Waals surface area contributed by atoms with E-state index in [1.54, 1.807) is 6.08 Å². The average molecular weight is 1050 g/mol. The SMILES string of the molecule is CCCCCCCCCCCCCCCCCCCC/C=C/C(O)C(CO)NC(=O)CCCCCCCCCCCC/C=C\C=C/CCCCCOC(=O)CCCCCCCCCCCCCCCCCCCCC. The highest BCUT2D eigenvalue weighted by molar-refractivity contribution is 5.76. The maximum Gasteiger partial charge on any atom is 0.305 e. The second-order valence-corrected chi connectivity index (χ2v) is 23.2. The number of carbonyl (C=O) groups excluding carboxylic acids is 2. The van der Waals surface area contributed by atoms with Crippen LogP contribution in [0.25, 0.3) is 0 Å². The van der Waals surface area contributed by atoms with Gasteiger partial charge >= 0.3 is 5.97 Å². The molecule has 0 fully saturated rings. The maximum atomic E-state index is 12.5. The van der Waals surface area contributed by atoms with Gasteiger partial charge in [-0.1, -0.05) is 326 Å². The summed E-state index contributed by atoms with van der Waals surface area (Å²) in [5, 5.41) is 23.2. The zero-order valence-electron chi connectivity index (χ0n) is 50.5. The molecule has 0 bridgehead atoms. The van der Waals surface area contributed by atoms with Crippen LogP contribution in [0.4, 0.5) is 0 Å². The van der Waals surface area contributed by atoms with E-state index >= 15 is 0 Å². The van der Waals surface area contributed by atoms with Gasteiger partial charge in [-0.15, -0.1) is 0 Å². The van der Waals surface area contributed by atoms with E-state index in [9.17, 15) is 19.8 Å². The van der Waals surface area contributed by atoms with E-state index in [1.807, 2.05) is 6.08 Å². The molecule has 0 aliphatic heterocycles. The molecule has 442 valence electrons. The summed E-state index contributed by atoms with van der Waals surface area (Å²) in [5.74, 6) is -0.0837. The third kappa shape index (κ3) is 61.2. The highest BCUT2D eigenvalue weighted by Crippen LogP contribution is 2.18. The van der Waals surface area contributed by atoms with Crippen LogP contribution in [0.3, 0.4) is 0 Å². The van der Waals surface area contributed by atoms with Crippen molar-refractivity contribution in [1.82, 2.24) is 5.32 Å². The Morgan fingerprint density at radius 2 is 0.653 bits per heavy atom. The van der Waals surface area contributed by atoms with Gasteiger partial charge in [-0.25, -0.2) is 0 Å². The molecule has 0 aromatic carbocycles. The van der Waals surface area contributed by atoms with E-state index in [2.05, 4.69) is 43.5 Å². The van der Waals surface area contributed by atoms with Crippen LogP contribution in [-0.4, -0.2) is 47.4 Å². The Balaban J connectivity index is 3.47. The van der Waals surface area contributed by atoms with Gasteiger partial charge < -0.3 is 20.3 Å². The second kappa shape index (κ2) is 64.6. The van der Waals surface area contributed by atoms with Gasteiger partial charge in [0.1, 0.15) is 0 Å². The van der Waals surface area contributed by atoms with Crippen molar-refractivity contribution in [1.29, 1.82) is 0 Å². The van der Waals surface area contributed by atoms with Crippen LogP contribution in [-0.2, 0) is 14.3 Å². The number of nitrogens with one attached hydrogen (secondary N) is 1. The Hall–Kier alpha value is -1.92. The summed E-state index contributed by atoms with van der Waals surface area (Å²) < 4.78 is 5.48. The lowest BCUT2D eigenvalue weighted by Crippen LogP contribution is -2.45. The van der Waals surface area contributed by atoms with Crippen molar-refractivity contribution in [2.75, 3.05) is 13.2 Å². The van der Waals surface area contributed by atoms with Crippen molar-refractivity contribution in [3.63, 3.8) is 0 Å². The second-order valence-electron chi connectivity index (χ2n) is 23.2. The minimum atomic E-state index is -0.853. The molecule has 0 saturated heterocycles. The van der Waals surface area contributed by atoms with Crippen LogP contribution in [0.15, 0.2) is 36.5 Å². The summed E-state index contributed by atoms with van der Waals surface area (Å²) >= 11 is 0. The molecule has 3 N–H and O–H groups in total. The summed E-state index contributed by atoms with van der Waals surface area (Å²) in [7, 11) is 0. The third-order valence-corrected chi connectivity index (χ3v) is 15.7. The van der Waals surface area contributed by atoms with Gasteiger partial charge in [-0.05, 0) is 64.2 Å². The van der Waals surface area contributed by atoms with E-state index in [0.29, 0.717) is 19.4 Å². The molecule has 2 atom stereocenters. The number of esters is 1. The number of unbranched alkanes of at least 4 members (excludes halogenated alkanes) is 49. The zero-order valence-corrected chi connectivity index (χ0v) is 50.5. The average Bonchev–Trinajstić information content (AvgIpc) is 3.41. The Morgan fingerprint density at radius 1 is 0.373 bits per heavy atom. The Morgan fingerprint density at radius 3 is 0.987 bits per heavy atom. The number of rotatable bonds is 63. The lowest BCUT2D eigenvalue weighted by Gasteiger charge is -2.20. The van der Waals surface area contributed by atoms with Crippen LogP contribution in [0, 0.1) is 0 Å². The molecule has 6 heteroatoms. The van der Waals surface area contributed by atoms with Crippen LogP contribution in [0.5, 0.6) is 0 Å². The van der Waals surface area contributed by atoms with Crippen LogP contribution in [0.1, 0.15) is 367 Å². The zero-order chi connectivity index (χ0) is 54.3. The molecule has 6 nitrogen and oxygen atoms in total. The predicted octanol–water partition coefficient (Wildman–Crippen LogP) is 21.5. The number of carbonyl (C=O) groups is 2. The maximum absolute atomic E-state index is 12.5. The van der Waals surface area contributed by atoms with E-state index in [4.69, 9.17) is 4.74 Å². The summed E-state index contributed by atoms with van der Waals surface area (Å²) in [6.45, 7) is 4.90. The number of ether oxygens (including phenoxy) is 1. The molecular weight excluding hydrogens is 923 g/mol. The van der Waals surface area contributed by atoms with Gasteiger partial charge in [0, 0.05) is 12.8 Å². The summed E-state index contributed by atoms with van der Waals surface area (Å²) in [6.07, 6.45) is 82.0. The Kier molecular flexibility index (Phi) is 63.0. The number of amides is 1. The fraction of sp³-hybridized carbons (Fsp3) is 0.884. The normalized spacial score (nSPS) is 12.7. The molecule has 1 amide bonds. The predicted molar refractivity (Wildman–Crippen MR) is 329 cm³/mol. The highest BCUT2D eigenvalue weighted by atomic mass is 16.5. The van der Waals surface area contributed by atoms with Crippen molar-refractivity contribution in [2.45, 2.75) is 379 Å². The monoisotopic (exact) mass is 1050 g/mol. The van der Waals surface area contributed by atoms with E-state index < -0.39 is 12.1 Å². The number of hydrogen-bond donors (Lipinski definition) is 3. The molecule has 0 saturated carbocycles. The molecule has 2 unspecified atom stereocenters. The van der Waals surface area contributed by atoms with Gasteiger partial charge in [0.2, 0.25) is 5.91 Å². The van der Waals surface area contributed by atoms with Crippen LogP contribution in [0.2, 0.25) is 0 Å². The van der Waals surface area contributed by atoms with Gasteiger partial charge in [0.15, 0.2) is 0 Å². The molecule has 0 aromatic rings. The first-order chi connectivity index (χ1) is 37.0. The van der Waals surface area contributed by atoms with Crippen molar-refractivity contribution < 1.29 is 24.5 Å². The van der Waals surface area contributed by atoms with Crippen molar-refractivity contribution in [3.05, 3.63) is 36.5 Å². The molecule has 0 aliphatic rings. The Labute approximate surface area is 468 Å². The number of aliphatic hydroxyl groups excluding tert-OH is 2. The molecule has 0 heterocycles. The standard InChI is InChI=1S/C69H131NO5/c1-3-5-7-9-11-13-15-17-19-21-23-26-29-33-37-41-45-49-53-57-61-67(72)66(65-71)70-68(73)62-58-54-50-46-42-38-34-30-27-24-28-32-36-40-44-48-52-56-60-64-75-69(74)63-59-55-51-47-43-39-35-31-25-22-20-18-16-14-12-10-8-6-4-2/h32,36,40,44,57,61,66-67,71-72H,3-31,33-35,37-39,41-43,45-56,58-60,62-65H2,1-2H3,(H,70,73)/b36-32-,44-40-,61-57+. The van der Waals surface area contributed by atoms with Crippen LogP contribution >= 0.6 is 0 Å². The van der Waals surface area contributed by atoms with Gasteiger partial charge in [-0.2, -0.15) is 0 Å². The third-order valence-electron chi connectivity index (χ3n) is 15.7. The molecule has 75 heavy (non-hydrogen) atoms. The Bertz CT molecular complexity index is 1210. The number of hydrogen-bond acceptors (Lipinski definition) is 5. The fourth-order valence-corrected chi connectivity index (χ4v) is 10.5. The molecule has 0 spiro atoms. The van der Waals surface area contributed by atoms with Crippen molar-refractivity contribution in [2.24, 2.45) is 0 Å². The van der Waals surface area contributed by atoms with Crippen LogP contribution < -0.4 is 5.32 Å². The quantitative estimate of drug-likeness (QED) is 0.0244. The summed E-state index contributed by atoms with van der Waals surface area (Å²) in [5.41, 5.74) is 0. The van der Waals surface area contributed by atoms with Gasteiger partial charge in [-0.3, -0.25) is 9.59 Å². The minimum absolute atomic E-state index is 0.00883. The molecular formula is C69H131NO5. The fourth-order valence-electron chi connectivity index (χ4n) is 10.5. The van der Waals surface area contributed by atoms with Gasteiger partial charge in [0.05, 0.1) is 25.4 Å². The molecule has 0 aliphatic carbocycles. The molecule has 0 aromatic heterocycles. The number of aliphatic hydroxyl groups is 2. The first kappa shape index (κ1) is 73.1. The lowest BCUT2D eigenvalue weighted by molar-refractivity contribution is -0.143. The summed E-state index contributed by atoms with van der Waals surface area (Å²) in [6, 6.07) is -0.637. The summed E-state index contributed by atoms with van der Waals surface area (Å²) in [4.78, 5) is 24.6. The van der Waals surface area contributed by atoms with Gasteiger partial charge in [0.25, 0.3) is 0 Å². The smallest absolute Gasteiger partial charge is 0.305 e. The largest absolute Gasteiger partial charge is 0.466 e. The first-order valence-corrected chi connectivity index (χ1v) is 33.8.